The molecule has 162 valence electrons. The highest BCUT2D eigenvalue weighted by Gasteiger charge is 2.14. The Morgan fingerprint density at radius 1 is 1.06 bits per heavy atom. The van der Waals surface area contributed by atoms with Crippen LogP contribution >= 0.6 is 0 Å². The first-order chi connectivity index (χ1) is 14.9. The first kappa shape index (κ1) is 23.4. The highest BCUT2D eigenvalue weighted by Crippen LogP contribution is 2.13. The normalized spacial score (nSPS) is 10.4. The number of carbonyl (C=O) groups is 3. The molecule has 0 saturated heterocycles. The van der Waals surface area contributed by atoms with Crippen LogP contribution in [0.15, 0.2) is 67.3 Å². The van der Waals surface area contributed by atoms with Crippen molar-refractivity contribution >= 4 is 29.5 Å². The van der Waals surface area contributed by atoms with Gasteiger partial charge in [0.2, 0.25) is 5.91 Å². The number of hydrogen-bond donors (Lipinski definition) is 1. The first-order valence-corrected chi connectivity index (χ1v) is 9.66. The molecule has 0 fully saturated rings. The minimum Gasteiger partial charge on any atom is -0.490 e. The number of aryl methyl sites for hydroxylation is 1. The molecular formula is C24H26N2O5. The molecule has 2 aromatic rings. The van der Waals surface area contributed by atoms with Crippen LogP contribution in [0.5, 0.6) is 5.75 Å². The van der Waals surface area contributed by atoms with Gasteiger partial charge in [0.1, 0.15) is 12.4 Å². The van der Waals surface area contributed by atoms with E-state index in [0.29, 0.717) is 18.0 Å². The Labute approximate surface area is 182 Å². The summed E-state index contributed by atoms with van der Waals surface area (Å²) >= 11 is 0. The Balaban J connectivity index is 1.74. The molecule has 2 aromatic carbocycles. The van der Waals surface area contributed by atoms with Crippen molar-refractivity contribution in [1.82, 2.24) is 4.90 Å². The van der Waals surface area contributed by atoms with E-state index in [2.05, 4.69) is 11.9 Å². The van der Waals surface area contributed by atoms with Crippen LogP contribution in [0.3, 0.4) is 0 Å². The number of esters is 1. The predicted octanol–water partition coefficient (Wildman–Crippen LogP) is 3.21. The standard InChI is InChI=1S/C24H26N2O5/c1-4-15-30-21-12-7-19(8-13-21)9-14-24(29)31-17-23(28)26(3)16-22(27)25-20-10-5-18(2)6-11-20/h4-14H,1,15-17H2,2-3H3,(H,25,27)/b14-9+. The molecule has 1 N–H and O–H groups in total. The van der Waals surface area contributed by atoms with E-state index in [4.69, 9.17) is 9.47 Å². The van der Waals surface area contributed by atoms with Crippen LogP contribution in [0, 0.1) is 6.92 Å². The summed E-state index contributed by atoms with van der Waals surface area (Å²) in [5.41, 5.74) is 2.50. The molecule has 0 aliphatic rings. The van der Waals surface area contributed by atoms with Gasteiger partial charge in [0.05, 0.1) is 6.54 Å². The Kier molecular flexibility index (Phi) is 9.04. The van der Waals surface area contributed by atoms with E-state index < -0.39 is 18.5 Å². The van der Waals surface area contributed by atoms with Gasteiger partial charge >= 0.3 is 5.97 Å². The molecule has 31 heavy (non-hydrogen) atoms. The fourth-order valence-electron chi connectivity index (χ4n) is 2.43. The number of likely N-dealkylation sites (N-methyl/N-ethyl adjacent to an activating group) is 1. The van der Waals surface area contributed by atoms with E-state index in [1.54, 1.807) is 48.6 Å². The summed E-state index contributed by atoms with van der Waals surface area (Å²) in [6.45, 7) is 5.34. The molecule has 2 amide bonds. The number of hydrogen-bond acceptors (Lipinski definition) is 5. The third-order valence-electron chi connectivity index (χ3n) is 4.14. The van der Waals surface area contributed by atoms with E-state index in [1.165, 1.54) is 18.0 Å². The fraction of sp³-hybridized carbons (Fsp3) is 0.208. The van der Waals surface area contributed by atoms with Gasteiger partial charge in [-0.15, -0.1) is 0 Å². The number of nitrogens with zero attached hydrogens (tertiary/aromatic N) is 1. The second-order valence-electron chi connectivity index (χ2n) is 6.77. The van der Waals surface area contributed by atoms with Gasteiger partial charge in [0.25, 0.3) is 5.91 Å². The number of nitrogens with one attached hydrogen (secondary N) is 1. The molecule has 0 spiro atoms. The van der Waals surface area contributed by atoms with E-state index in [-0.39, 0.29) is 12.5 Å². The number of carbonyl (C=O) groups excluding carboxylic acids is 3. The largest absolute Gasteiger partial charge is 0.490 e. The predicted molar refractivity (Wildman–Crippen MR) is 120 cm³/mol. The summed E-state index contributed by atoms with van der Waals surface area (Å²) in [6.07, 6.45) is 4.46. The highest BCUT2D eigenvalue weighted by molar-refractivity contribution is 5.95. The van der Waals surface area contributed by atoms with Crippen molar-refractivity contribution in [2.24, 2.45) is 0 Å². The molecule has 0 aliphatic carbocycles. The van der Waals surface area contributed by atoms with Crippen LogP contribution in [0.4, 0.5) is 5.69 Å². The molecule has 0 atom stereocenters. The smallest absolute Gasteiger partial charge is 0.331 e. The van der Waals surface area contributed by atoms with Gasteiger partial charge in [-0.2, -0.15) is 0 Å². The molecule has 7 heteroatoms. The summed E-state index contributed by atoms with van der Waals surface area (Å²) in [5.74, 6) is -0.784. The van der Waals surface area contributed by atoms with Crippen molar-refractivity contribution in [3.63, 3.8) is 0 Å². The van der Waals surface area contributed by atoms with Gasteiger partial charge in [-0.1, -0.05) is 42.5 Å². The average Bonchev–Trinajstić information content (AvgIpc) is 2.76. The van der Waals surface area contributed by atoms with E-state index in [1.807, 2.05) is 19.1 Å². The first-order valence-electron chi connectivity index (χ1n) is 9.66. The molecule has 0 unspecified atom stereocenters. The zero-order chi connectivity index (χ0) is 22.6. The summed E-state index contributed by atoms with van der Waals surface area (Å²) < 4.78 is 10.3. The number of anilines is 1. The Morgan fingerprint density at radius 2 is 1.74 bits per heavy atom. The number of rotatable bonds is 10. The molecule has 0 saturated carbocycles. The van der Waals surface area contributed by atoms with Crippen LogP contribution < -0.4 is 10.1 Å². The van der Waals surface area contributed by atoms with Crippen LogP contribution in [-0.2, 0) is 19.1 Å². The van der Waals surface area contributed by atoms with Crippen LogP contribution in [0.2, 0.25) is 0 Å². The maximum Gasteiger partial charge on any atom is 0.331 e. The van der Waals surface area contributed by atoms with Crippen LogP contribution in [-0.4, -0.2) is 49.5 Å². The topological polar surface area (TPSA) is 84.9 Å². The van der Waals surface area contributed by atoms with Crippen molar-refractivity contribution < 1.29 is 23.9 Å². The second kappa shape index (κ2) is 12.0. The van der Waals surface area contributed by atoms with Gasteiger partial charge in [-0.25, -0.2) is 4.79 Å². The second-order valence-corrected chi connectivity index (χ2v) is 6.77. The minimum atomic E-state index is -0.655. The van der Waals surface area contributed by atoms with Gasteiger partial charge in [-0.3, -0.25) is 9.59 Å². The number of amides is 2. The molecule has 0 radical (unpaired) electrons. The summed E-state index contributed by atoms with van der Waals surface area (Å²) in [4.78, 5) is 37.2. The van der Waals surface area contributed by atoms with Gasteiger partial charge in [0.15, 0.2) is 6.61 Å². The summed E-state index contributed by atoms with van der Waals surface area (Å²) in [5, 5.41) is 2.71. The molecule has 7 nitrogen and oxygen atoms in total. The van der Waals surface area contributed by atoms with Gasteiger partial charge in [-0.05, 0) is 42.8 Å². The van der Waals surface area contributed by atoms with Crippen LogP contribution in [0.25, 0.3) is 6.08 Å². The number of benzene rings is 2. The quantitative estimate of drug-likeness (QED) is 0.361. The van der Waals surface area contributed by atoms with Crippen molar-refractivity contribution in [3.05, 3.63) is 78.4 Å². The lowest BCUT2D eigenvalue weighted by Crippen LogP contribution is -2.37. The maximum atomic E-state index is 12.1. The zero-order valence-corrected chi connectivity index (χ0v) is 17.7. The maximum absolute atomic E-state index is 12.1. The Hall–Kier alpha value is -3.87. The average molecular weight is 422 g/mol. The Bertz CT molecular complexity index is 933. The lowest BCUT2D eigenvalue weighted by molar-refractivity contribution is -0.148. The summed E-state index contributed by atoms with van der Waals surface area (Å²) in [6, 6.07) is 14.4. The molecule has 2 rings (SSSR count). The molecule has 0 aliphatic heterocycles. The van der Waals surface area contributed by atoms with E-state index in [0.717, 1.165) is 11.1 Å². The minimum absolute atomic E-state index is 0.152. The van der Waals surface area contributed by atoms with Crippen molar-refractivity contribution in [1.29, 1.82) is 0 Å². The third kappa shape index (κ3) is 8.57. The number of ether oxygens (including phenoxy) is 2. The third-order valence-corrected chi connectivity index (χ3v) is 4.14. The molecule has 0 heterocycles. The molecule has 0 aromatic heterocycles. The lowest BCUT2D eigenvalue weighted by atomic mass is 10.2. The van der Waals surface area contributed by atoms with E-state index >= 15 is 0 Å². The Morgan fingerprint density at radius 3 is 2.39 bits per heavy atom. The molecule has 0 bridgehead atoms. The van der Waals surface area contributed by atoms with Gasteiger partial charge < -0.3 is 19.7 Å². The summed E-state index contributed by atoms with van der Waals surface area (Å²) in [7, 11) is 1.47. The molecular weight excluding hydrogens is 396 g/mol. The highest BCUT2D eigenvalue weighted by atomic mass is 16.5. The van der Waals surface area contributed by atoms with Crippen molar-refractivity contribution in [3.8, 4) is 5.75 Å². The lowest BCUT2D eigenvalue weighted by Gasteiger charge is -2.16. The van der Waals surface area contributed by atoms with Crippen LogP contribution in [0.1, 0.15) is 11.1 Å². The zero-order valence-electron chi connectivity index (χ0n) is 17.7. The monoisotopic (exact) mass is 422 g/mol. The van der Waals surface area contributed by atoms with Crippen molar-refractivity contribution in [2.45, 2.75) is 6.92 Å². The van der Waals surface area contributed by atoms with Gasteiger partial charge in [0, 0.05) is 18.8 Å². The van der Waals surface area contributed by atoms with Crippen molar-refractivity contribution in [2.75, 3.05) is 32.1 Å². The fourth-order valence-corrected chi connectivity index (χ4v) is 2.43. The SMILES string of the molecule is C=CCOc1ccc(/C=C/C(=O)OCC(=O)N(C)CC(=O)Nc2ccc(C)cc2)cc1. The van der Waals surface area contributed by atoms with E-state index in [9.17, 15) is 14.4 Å².